The van der Waals surface area contributed by atoms with Gasteiger partial charge in [-0.3, -0.25) is 0 Å². The Balaban J connectivity index is 2.72. The molecule has 32 heavy (non-hydrogen) atoms. The Morgan fingerprint density at radius 2 is 1.72 bits per heavy atom. The number of halogens is 1. The second-order valence-corrected chi connectivity index (χ2v) is 11.7. The topological polar surface area (TPSA) is 18.5 Å². The Morgan fingerprint density at radius 3 is 2.28 bits per heavy atom. The van der Waals surface area contributed by atoms with Crippen molar-refractivity contribution in [2.45, 2.75) is 91.1 Å². The largest absolute Gasteiger partial charge is 0.467 e. The van der Waals surface area contributed by atoms with Gasteiger partial charge in [-0.1, -0.05) is 86.7 Å². The molecule has 0 aliphatic carbocycles. The number of benzene rings is 2. The summed E-state index contributed by atoms with van der Waals surface area (Å²) in [5.74, 6) is 0.804. The quantitative estimate of drug-likeness (QED) is 0.193. The lowest BCUT2D eigenvalue weighted by atomic mass is 9.80. The van der Waals surface area contributed by atoms with Crippen LogP contribution < -0.4 is 10.0 Å². The Labute approximate surface area is 197 Å². The molecule has 4 heteroatoms. The first-order valence-corrected chi connectivity index (χ1v) is 12.9. The second-order valence-electron chi connectivity index (χ2n) is 9.97. The molecule has 0 fully saturated rings. The molecular weight excluding hydrogens is 418 g/mol. The van der Waals surface area contributed by atoms with Crippen molar-refractivity contribution >= 4 is 13.9 Å². The first kappa shape index (κ1) is 26.8. The highest BCUT2D eigenvalue weighted by molar-refractivity contribution is 7.48. The summed E-state index contributed by atoms with van der Waals surface area (Å²) in [6.07, 6.45) is 5.40. The molecule has 2 unspecified atom stereocenters. The molecule has 0 aromatic heterocycles. The van der Waals surface area contributed by atoms with E-state index >= 15 is 4.39 Å². The van der Waals surface area contributed by atoms with Gasteiger partial charge in [-0.05, 0) is 54.9 Å². The molecule has 0 amide bonds. The molecule has 0 spiro atoms. The van der Waals surface area contributed by atoms with Crippen LogP contribution in [-0.2, 0) is 15.3 Å². The summed E-state index contributed by atoms with van der Waals surface area (Å²) in [5, 5.41) is 0.630. The van der Waals surface area contributed by atoms with Gasteiger partial charge in [0.15, 0.2) is 6.79 Å². The van der Waals surface area contributed by atoms with E-state index in [1.54, 1.807) is 13.2 Å². The van der Waals surface area contributed by atoms with Crippen molar-refractivity contribution in [3.05, 3.63) is 58.4 Å². The highest BCUT2D eigenvalue weighted by Crippen LogP contribution is 2.53. The maximum atomic E-state index is 15.0. The van der Waals surface area contributed by atoms with Crippen LogP contribution in [0.1, 0.15) is 89.0 Å². The van der Waals surface area contributed by atoms with Gasteiger partial charge in [0.25, 0.3) is 0 Å². The predicted molar refractivity (Wildman–Crippen MR) is 138 cm³/mol. The SMILES string of the molecule is CCCCCC(CC)(Pc1ccc(C)cc1F)c1cc(C(C)(C)C)cc(C)c1OCOC. The number of hydrogen-bond donors (Lipinski definition) is 0. The maximum Gasteiger partial charge on any atom is 0.188 e. The minimum absolute atomic E-state index is 0.0143. The van der Waals surface area contributed by atoms with Crippen molar-refractivity contribution < 1.29 is 13.9 Å². The van der Waals surface area contributed by atoms with Crippen LogP contribution in [0, 0.1) is 19.7 Å². The fraction of sp³-hybridized carbons (Fsp3) is 0.571. The zero-order valence-corrected chi connectivity index (χ0v) is 22.3. The van der Waals surface area contributed by atoms with Crippen molar-refractivity contribution in [2.75, 3.05) is 13.9 Å². The van der Waals surface area contributed by atoms with Crippen LogP contribution in [-0.4, -0.2) is 13.9 Å². The predicted octanol–water partition coefficient (Wildman–Crippen LogP) is 7.91. The monoisotopic (exact) mass is 460 g/mol. The van der Waals surface area contributed by atoms with E-state index in [2.05, 4.69) is 53.7 Å². The summed E-state index contributed by atoms with van der Waals surface area (Å²) < 4.78 is 26.5. The van der Waals surface area contributed by atoms with E-state index in [0.717, 1.165) is 47.9 Å². The van der Waals surface area contributed by atoms with Gasteiger partial charge < -0.3 is 9.47 Å². The average Bonchev–Trinajstić information content (AvgIpc) is 2.73. The number of aryl methyl sites for hydroxylation is 2. The standard InChI is InChI=1S/C28H42FO2P/c1-9-11-12-15-28(10-2,32-25-14-13-20(3)16-24(25)29)23-18-22(27(5,6)7)17-21(4)26(23)31-19-30-8/h13-14,16-18,32H,9-12,15,19H2,1-8H3. The summed E-state index contributed by atoms with van der Waals surface area (Å²) in [5.41, 5.74) is 4.58. The molecule has 0 saturated heterocycles. The van der Waals surface area contributed by atoms with E-state index < -0.39 is 0 Å². The van der Waals surface area contributed by atoms with E-state index in [1.807, 2.05) is 19.1 Å². The highest BCUT2D eigenvalue weighted by Gasteiger charge is 2.36. The smallest absolute Gasteiger partial charge is 0.188 e. The summed E-state index contributed by atoms with van der Waals surface area (Å²) >= 11 is 0. The number of ether oxygens (including phenoxy) is 2. The third kappa shape index (κ3) is 6.55. The molecule has 2 aromatic rings. The van der Waals surface area contributed by atoms with Crippen LogP contribution in [0.25, 0.3) is 0 Å². The fourth-order valence-electron chi connectivity index (χ4n) is 4.25. The molecule has 2 atom stereocenters. The number of unbranched alkanes of at least 4 members (excludes halogenated alkanes) is 2. The first-order valence-electron chi connectivity index (χ1n) is 11.9. The lowest BCUT2D eigenvalue weighted by molar-refractivity contribution is 0.0493. The van der Waals surface area contributed by atoms with Crippen LogP contribution >= 0.6 is 8.58 Å². The van der Waals surface area contributed by atoms with E-state index in [4.69, 9.17) is 9.47 Å². The van der Waals surface area contributed by atoms with Crippen LogP contribution in [0.4, 0.5) is 4.39 Å². The Kier molecular flexibility index (Phi) is 9.73. The molecular formula is C28H42FO2P. The van der Waals surface area contributed by atoms with Crippen molar-refractivity contribution in [3.63, 3.8) is 0 Å². The second kappa shape index (κ2) is 11.6. The molecule has 2 aromatic carbocycles. The average molecular weight is 461 g/mol. The van der Waals surface area contributed by atoms with Gasteiger partial charge in [-0.15, -0.1) is 0 Å². The molecule has 2 nitrogen and oxygen atoms in total. The normalized spacial score (nSPS) is 14.2. The number of rotatable bonds is 11. The van der Waals surface area contributed by atoms with Crippen LogP contribution in [0.2, 0.25) is 0 Å². The van der Waals surface area contributed by atoms with Crippen molar-refractivity contribution in [3.8, 4) is 5.75 Å². The highest BCUT2D eigenvalue weighted by atomic mass is 31.1. The van der Waals surface area contributed by atoms with Gasteiger partial charge in [-0.2, -0.15) is 0 Å². The van der Waals surface area contributed by atoms with Gasteiger partial charge in [-0.25, -0.2) is 4.39 Å². The molecule has 0 aliphatic rings. The lowest BCUT2D eigenvalue weighted by Gasteiger charge is -2.37. The molecule has 178 valence electrons. The molecule has 0 radical (unpaired) electrons. The van der Waals surface area contributed by atoms with Gasteiger partial charge in [0, 0.05) is 23.1 Å². The van der Waals surface area contributed by atoms with Gasteiger partial charge in [0.2, 0.25) is 0 Å². The molecule has 0 aliphatic heterocycles. The Morgan fingerprint density at radius 1 is 1.00 bits per heavy atom. The third-order valence-electron chi connectivity index (χ3n) is 6.29. The lowest BCUT2D eigenvalue weighted by Crippen LogP contribution is -2.26. The molecule has 0 heterocycles. The summed E-state index contributed by atoms with van der Waals surface area (Å²) in [7, 11) is 1.98. The zero-order chi connectivity index (χ0) is 23.9. The van der Waals surface area contributed by atoms with Crippen molar-refractivity contribution in [1.82, 2.24) is 0 Å². The Hall–Kier alpha value is -1.44. The van der Waals surface area contributed by atoms with E-state index in [9.17, 15) is 0 Å². The summed E-state index contributed by atoms with van der Waals surface area (Å²) in [6, 6.07) is 10.2. The van der Waals surface area contributed by atoms with Gasteiger partial charge >= 0.3 is 0 Å². The van der Waals surface area contributed by atoms with Crippen molar-refractivity contribution in [1.29, 1.82) is 0 Å². The van der Waals surface area contributed by atoms with E-state index in [0.29, 0.717) is 8.58 Å². The third-order valence-corrected chi connectivity index (χ3v) is 8.31. The Bertz CT molecular complexity index is 888. The molecule has 2 rings (SSSR count). The minimum atomic E-state index is -0.180. The molecule has 0 N–H and O–H groups in total. The summed E-state index contributed by atoms with van der Waals surface area (Å²) in [6.45, 7) is 15.5. The van der Waals surface area contributed by atoms with Crippen LogP contribution in [0.5, 0.6) is 5.75 Å². The maximum absolute atomic E-state index is 15.0. The van der Waals surface area contributed by atoms with Crippen LogP contribution in [0.3, 0.4) is 0 Å². The van der Waals surface area contributed by atoms with Crippen LogP contribution in [0.15, 0.2) is 30.3 Å². The first-order chi connectivity index (χ1) is 15.1. The zero-order valence-electron chi connectivity index (χ0n) is 21.3. The molecule has 0 saturated carbocycles. The minimum Gasteiger partial charge on any atom is -0.467 e. The van der Waals surface area contributed by atoms with Gasteiger partial charge in [0.05, 0.1) is 0 Å². The van der Waals surface area contributed by atoms with Gasteiger partial charge in [0.1, 0.15) is 11.6 Å². The number of hydrogen-bond acceptors (Lipinski definition) is 2. The van der Waals surface area contributed by atoms with E-state index in [-0.39, 0.29) is 23.2 Å². The molecule has 0 bridgehead atoms. The summed E-state index contributed by atoms with van der Waals surface area (Å²) in [4.78, 5) is 0. The van der Waals surface area contributed by atoms with E-state index in [1.165, 1.54) is 17.5 Å². The van der Waals surface area contributed by atoms with Crippen molar-refractivity contribution in [2.24, 2.45) is 0 Å². The number of methoxy groups -OCH3 is 1. The fourth-order valence-corrected chi connectivity index (χ4v) is 5.92.